The number of rotatable bonds is 7. The lowest BCUT2D eigenvalue weighted by atomic mass is 10.3. The van der Waals surface area contributed by atoms with Crippen LogP contribution in [0.1, 0.15) is 44.9 Å². The number of halogens is 1. The molecule has 15 heavy (non-hydrogen) atoms. The first-order valence-corrected chi connectivity index (χ1v) is 7.89. The molecule has 1 N–H and O–H groups in total. The van der Waals surface area contributed by atoms with Gasteiger partial charge in [-0.3, -0.25) is 0 Å². The van der Waals surface area contributed by atoms with Gasteiger partial charge in [0.15, 0.2) is 0 Å². The van der Waals surface area contributed by atoms with Crippen LogP contribution in [0, 0.1) is 0 Å². The highest BCUT2D eigenvalue weighted by Gasteiger charge is 2.20. The first-order chi connectivity index (χ1) is 7.14. The molecule has 1 aliphatic carbocycles. The SMILES string of the molecule is O=S(=O)(CCCCCCl)NC1CCCC1. The van der Waals surface area contributed by atoms with E-state index in [9.17, 15) is 8.42 Å². The molecule has 0 aromatic rings. The molecule has 0 radical (unpaired) electrons. The molecule has 1 saturated carbocycles. The maximum atomic E-state index is 11.6. The summed E-state index contributed by atoms with van der Waals surface area (Å²) < 4.78 is 26.0. The second kappa shape index (κ2) is 6.71. The van der Waals surface area contributed by atoms with Crippen molar-refractivity contribution >= 4 is 21.6 Å². The van der Waals surface area contributed by atoms with Crippen LogP contribution in [0.25, 0.3) is 0 Å². The predicted octanol–water partition coefficient (Wildman–Crippen LogP) is 2.26. The average molecular weight is 254 g/mol. The van der Waals surface area contributed by atoms with Crippen molar-refractivity contribution in [2.45, 2.75) is 51.0 Å². The summed E-state index contributed by atoms with van der Waals surface area (Å²) in [7, 11) is -3.04. The van der Waals surface area contributed by atoms with Crippen molar-refractivity contribution in [1.29, 1.82) is 0 Å². The molecule has 0 saturated heterocycles. The third-order valence-corrected chi connectivity index (χ3v) is 4.53. The van der Waals surface area contributed by atoms with Crippen LogP contribution in [-0.4, -0.2) is 26.1 Å². The second-order valence-electron chi connectivity index (χ2n) is 4.17. The van der Waals surface area contributed by atoms with E-state index in [0.29, 0.717) is 5.88 Å². The number of alkyl halides is 1. The second-order valence-corrected chi connectivity index (χ2v) is 6.42. The van der Waals surface area contributed by atoms with Crippen molar-refractivity contribution in [3.8, 4) is 0 Å². The topological polar surface area (TPSA) is 46.2 Å². The van der Waals surface area contributed by atoms with E-state index < -0.39 is 10.0 Å². The van der Waals surface area contributed by atoms with Gasteiger partial charge in [-0.2, -0.15) is 0 Å². The Hall–Kier alpha value is 0.200. The first kappa shape index (κ1) is 13.3. The van der Waals surface area contributed by atoms with Crippen LogP contribution in [0.4, 0.5) is 0 Å². The van der Waals surface area contributed by atoms with Gasteiger partial charge in [-0.25, -0.2) is 13.1 Å². The van der Waals surface area contributed by atoms with Gasteiger partial charge >= 0.3 is 0 Å². The van der Waals surface area contributed by atoms with Gasteiger partial charge < -0.3 is 0 Å². The van der Waals surface area contributed by atoms with Gasteiger partial charge in [0.2, 0.25) is 10.0 Å². The van der Waals surface area contributed by atoms with Gasteiger partial charge in [-0.15, -0.1) is 11.6 Å². The molecular formula is C10H20ClNO2S. The molecule has 0 bridgehead atoms. The maximum absolute atomic E-state index is 11.6. The third kappa shape index (κ3) is 5.73. The van der Waals surface area contributed by atoms with Crippen LogP contribution in [0.5, 0.6) is 0 Å². The van der Waals surface area contributed by atoms with Gasteiger partial charge in [0, 0.05) is 11.9 Å². The van der Waals surface area contributed by atoms with E-state index in [0.717, 1.165) is 44.9 Å². The Labute approximate surface area is 97.6 Å². The van der Waals surface area contributed by atoms with Crippen LogP contribution < -0.4 is 4.72 Å². The monoisotopic (exact) mass is 253 g/mol. The summed E-state index contributed by atoms with van der Waals surface area (Å²) in [6, 6.07) is 0.197. The molecule has 5 heteroatoms. The van der Waals surface area contributed by atoms with E-state index in [1.807, 2.05) is 0 Å². The summed E-state index contributed by atoms with van der Waals surface area (Å²) in [4.78, 5) is 0. The van der Waals surface area contributed by atoms with E-state index in [2.05, 4.69) is 4.72 Å². The van der Waals surface area contributed by atoms with Gasteiger partial charge in [-0.05, 0) is 25.7 Å². The van der Waals surface area contributed by atoms with Gasteiger partial charge in [0.1, 0.15) is 0 Å². The van der Waals surface area contributed by atoms with Crippen LogP contribution >= 0.6 is 11.6 Å². The molecule has 0 aliphatic heterocycles. The van der Waals surface area contributed by atoms with Crippen LogP contribution in [0.3, 0.4) is 0 Å². The molecule has 1 fully saturated rings. The largest absolute Gasteiger partial charge is 0.212 e. The predicted molar refractivity (Wildman–Crippen MR) is 63.7 cm³/mol. The Morgan fingerprint density at radius 3 is 2.40 bits per heavy atom. The summed E-state index contributed by atoms with van der Waals surface area (Å²) >= 11 is 5.52. The Morgan fingerprint density at radius 1 is 1.13 bits per heavy atom. The van der Waals surface area contributed by atoms with Gasteiger partial charge in [0.05, 0.1) is 5.75 Å². The Morgan fingerprint density at radius 2 is 1.80 bits per heavy atom. The Balaban J connectivity index is 2.19. The minimum Gasteiger partial charge on any atom is -0.212 e. The van der Waals surface area contributed by atoms with Gasteiger partial charge in [0.25, 0.3) is 0 Å². The minimum atomic E-state index is -3.04. The molecule has 0 heterocycles. The highest BCUT2D eigenvalue weighted by atomic mass is 35.5. The lowest BCUT2D eigenvalue weighted by Crippen LogP contribution is -2.34. The van der Waals surface area contributed by atoms with Gasteiger partial charge in [-0.1, -0.05) is 19.3 Å². The number of hydrogen-bond donors (Lipinski definition) is 1. The molecule has 0 amide bonds. The minimum absolute atomic E-state index is 0.197. The van der Waals surface area contributed by atoms with Crippen molar-refractivity contribution in [3.63, 3.8) is 0 Å². The fraction of sp³-hybridized carbons (Fsp3) is 1.00. The van der Waals surface area contributed by atoms with E-state index >= 15 is 0 Å². The maximum Gasteiger partial charge on any atom is 0.211 e. The van der Waals surface area contributed by atoms with Crippen molar-refractivity contribution in [2.24, 2.45) is 0 Å². The lowest BCUT2D eigenvalue weighted by molar-refractivity contribution is 0.548. The zero-order valence-electron chi connectivity index (χ0n) is 9.04. The van der Waals surface area contributed by atoms with Crippen LogP contribution in [0.15, 0.2) is 0 Å². The van der Waals surface area contributed by atoms with E-state index in [4.69, 9.17) is 11.6 Å². The highest BCUT2D eigenvalue weighted by molar-refractivity contribution is 7.89. The summed E-state index contributed by atoms with van der Waals surface area (Å²) in [5, 5.41) is 0. The van der Waals surface area contributed by atoms with Crippen molar-refractivity contribution in [1.82, 2.24) is 4.72 Å². The molecule has 90 valence electrons. The van der Waals surface area contributed by atoms with Crippen LogP contribution in [0.2, 0.25) is 0 Å². The third-order valence-electron chi connectivity index (χ3n) is 2.75. The molecule has 0 unspecified atom stereocenters. The molecule has 0 aromatic heterocycles. The van der Waals surface area contributed by atoms with E-state index in [-0.39, 0.29) is 11.8 Å². The normalized spacial score (nSPS) is 18.5. The Kier molecular flexibility index (Phi) is 5.94. The molecule has 0 atom stereocenters. The van der Waals surface area contributed by atoms with Crippen molar-refractivity contribution in [2.75, 3.05) is 11.6 Å². The molecule has 3 nitrogen and oxygen atoms in total. The fourth-order valence-corrected chi connectivity index (χ4v) is 3.55. The van der Waals surface area contributed by atoms with E-state index in [1.54, 1.807) is 0 Å². The number of hydrogen-bond acceptors (Lipinski definition) is 2. The smallest absolute Gasteiger partial charge is 0.211 e. The quantitative estimate of drug-likeness (QED) is 0.559. The molecule has 1 aliphatic rings. The molecule has 0 spiro atoms. The lowest BCUT2D eigenvalue weighted by Gasteiger charge is -2.11. The van der Waals surface area contributed by atoms with Crippen LogP contribution in [-0.2, 0) is 10.0 Å². The standard InChI is InChI=1S/C10H20ClNO2S/c11-8-4-1-5-9-15(13,14)12-10-6-2-3-7-10/h10,12H,1-9H2. The van der Waals surface area contributed by atoms with Crippen molar-refractivity contribution < 1.29 is 8.42 Å². The first-order valence-electron chi connectivity index (χ1n) is 5.70. The summed E-state index contributed by atoms with van der Waals surface area (Å²) in [5.41, 5.74) is 0. The highest BCUT2D eigenvalue weighted by Crippen LogP contribution is 2.18. The zero-order valence-corrected chi connectivity index (χ0v) is 10.6. The van der Waals surface area contributed by atoms with Crippen molar-refractivity contribution in [3.05, 3.63) is 0 Å². The van der Waals surface area contributed by atoms with E-state index in [1.165, 1.54) is 0 Å². The average Bonchev–Trinajstić information content (AvgIpc) is 2.64. The number of sulfonamides is 1. The fourth-order valence-electron chi connectivity index (χ4n) is 1.92. The number of unbranched alkanes of at least 4 members (excludes halogenated alkanes) is 2. The molecular weight excluding hydrogens is 234 g/mol. The summed E-state index contributed by atoms with van der Waals surface area (Å²) in [6.45, 7) is 0. The molecule has 0 aromatic carbocycles. The zero-order chi connectivity index (χ0) is 11.1. The number of nitrogens with one attached hydrogen (secondary N) is 1. The summed E-state index contributed by atoms with van der Waals surface area (Å²) in [6.07, 6.45) is 6.82. The molecule has 1 rings (SSSR count). The summed E-state index contributed by atoms with van der Waals surface area (Å²) in [5.74, 6) is 0.872. The Bertz CT molecular complexity index is 261.